The standard InChI is InChI=1S/C12H10N2O2/c1-8-9(2)16-12(11(8)6-13)14-7-10-4-3-5-15-10/h3-5,7H,1-2H3/b14-7+. The van der Waals surface area contributed by atoms with E-state index in [1.165, 1.54) is 6.21 Å². The fourth-order valence-electron chi connectivity index (χ4n) is 1.32. The van der Waals surface area contributed by atoms with Gasteiger partial charge in [-0.1, -0.05) is 0 Å². The van der Waals surface area contributed by atoms with Crippen molar-refractivity contribution in [1.29, 1.82) is 5.26 Å². The molecule has 4 nitrogen and oxygen atoms in total. The Bertz CT molecular complexity index is 557. The minimum atomic E-state index is 0.328. The van der Waals surface area contributed by atoms with Gasteiger partial charge in [-0.3, -0.25) is 0 Å². The van der Waals surface area contributed by atoms with E-state index in [9.17, 15) is 0 Å². The number of nitrogens with zero attached hydrogens (tertiary/aromatic N) is 2. The lowest BCUT2D eigenvalue weighted by Crippen LogP contribution is -1.77. The summed E-state index contributed by atoms with van der Waals surface area (Å²) in [5.41, 5.74) is 1.30. The number of aliphatic imine (C=N–C) groups is 1. The summed E-state index contributed by atoms with van der Waals surface area (Å²) >= 11 is 0. The van der Waals surface area contributed by atoms with Crippen LogP contribution in [0.25, 0.3) is 0 Å². The fraction of sp³-hybridized carbons (Fsp3) is 0.167. The number of hydrogen-bond donors (Lipinski definition) is 0. The van der Waals surface area contributed by atoms with Gasteiger partial charge in [0.2, 0.25) is 5.88 Å². The number of aryl methyl sites for hydroxylation is 1. The molecule has 0 unspecified atom stereocenters. The van der Waals surface area contributed by atoms with Crippen molar-refractivity contribution in [1.82, 2.24) is 0 Å². The zero-order chi connectivity index (χ0) is 11.5. The van der Waals surface area contributed by atoms with Gasteiger partial charge < -0.3 is 8.83 Å². The van der Waals surface area contributed by atoms with Gasteiger partial charge in [0, 0.05) is 5.56 Å². The normalized spacial score (nSPS) is 10.8. The van der Waals surface area contributed by atoms with Crippen molar-refractivity contribution in [3.05, 3.63) is 41.0 Å². The van der Waals surface area contributed by atoms with Gasteiger partial charge in [-0.05, 0) is 26.0 Å². The first kappa shape index (κ1) is 10.2. The summed E-state index contributed by atoms with van der Waals surface area (Å²) in [6.45, 7) is 3.64. The molecule has 0 fully saturated rings. The Morgan fingerprint density at radius 2 is 2.25 bits per heavy atom. The van der Waals surface area contributed by atoms with Gasteiger partial charge in [0.15, 0.2) is 0 Å². The molecule has 0 aliphatic rings. The molecule has 4 heteroatoms. The minimum absolute atomic E-state index is 0.328. The molecule has 2 heterocycles. The lowest BCUT2D eigenvalue weighted by molar-refractivity contribution is 0.540. The van der Waals surface area contributed by atoms with Gasteiger partial charge >= 0.3 is 0 Å². The van der Waals surface area contributed by atoms with Gasteiger partial charge in [-0.25, -0.2) is 4.99 Å². The van der Waals surface area contributed by atoms with Crippen molar-refractivity contribution < 1.29 is 8.83 Å². The second-order valence-electron chi connectivity index (χ2n) is 3.35. The first-order chi connectivity index (χ1) is 7.72. The highest BCUT2D eigenvalue weighted by molar-refractivity contribution is 5.78. The third-order valence-electron chi connectivity index (χ3n) is 2.33. The van der Waals surface area contributed by atoms with Gasteiger partial charge in [0.05, 0.1) is 12.5 Å². The first-order valence-corrected chi connectivity index (χ1v) is 4.80. The maximum atomic E-state index is 8.96. The van der Waals surface area contributed by atoms with E-state index in [1.807, 2.05) is 13.8 Å². The van der Waals surface area contributed by atoms with Crippen LogP contribution >= 0.6 is 0 Å². The van der Waals surface area contributed by atoms with Crippen LogP contribution in [0.3, 0.4) is 0 Å². The Kier molecular flexibility index (Phi) is 2.61. The fourth-order valence-corrected chi connectivity index (χ4v) is 1.32. The molecular weight excluding hydrogens is 204 g/mol. The van der Waals surface area contributed by atoms with Crippen molar-refractivity contribution in [2.24, 2.45) is 4.99 Å². The molecule has 0 aliphatic heterocycles. The summed E-state index contributed by atoms with van der Waals surface area (Å²) in [6.07, 6.45) is 3.09. The molecule has 0 N–H and O–H groups in total. The maximum absolute atomic E-state index is 8.96. The van der Waals surface area contributed by atoms with Crippen LogP contribution in [0.2, 0.25) is 0 Å². The van der Waals surface area contributed by atoms with Crippen LogP contribution < -0.4 is 0 Å². The lowest BCUT2D eigenvalue weighted by Gasteiger charge is -1.86. The van der Waals surface area contributed by atoms with Gasteiger partial charge in [0.1, 0.15) is 23.2 Å². The summed E-state index contributed by atoms with van der Waals surface area (Å²) in [6, 6.07) is 5.62. The Balaban J connectivity index is 2.36. The summed E-state index contributed by atoms with van der Waals surface area (Å²) in [5, 5.41) is 8.96. The molecule has 0 aliphatic carbocycles. The molecule has 0 bridgehead atoms. The zero-order valence-electron chi connectivity index (χ0n) is 9.02. The largest absolute Gasteiger partial charge is 0.463 e. The van der Waals surface area contributed by atoms with Gasteiger partial charge in [-0.15, -0.1) is 0 Å². The van der Waals surface area contributed by atoms with Crippen molar-refractivity contribution in [3.63, 3.8) is 0 Å². The average molecular weight is 214 g/mol. The predicted octanol–water partition coefficient (Wildman–Crippen LogP) is 3.11. The molecular formula is C12H10N2O2. The second kappa shape index (κ2) is 4.07. The van der Waals surface area contributed by atoms with Crippen LogP contribution in [-0.2, 0) is 0 Å². The third-order valence-corrected chi connectivity index (χ3v) is 2.33. The van der Waals surface area contributed by atoms with E-state index in [4.69, 9.17) is 14.1 Å². The van der Waals surface area contributed by atoms with E-state index in [1.54, 1.807) is 18.4 Å². The number of nitriles is 1. The van der Waals surface area contributed by atoms with Crippen LogP contribution in [0.15, 0.2) is 32.2 Å². The summed E-state index contributed by atoms with van der Waals surface area (Å²) in [4.78, 5) is 4.09. The minimum Gasteiger partial charge on any atom is -0.463 e. The highest BCUT2D eigenvalue weighted by Gasteiger charge is 2.12. The molecule has 0 aromatic carbocycles. The Morgan fingerprint density at radius 1 is 1.44 bits per heavy atom. The van der Waals surface area contributed by atoms with Crippen LogP contribution in [0.5, 0.6) is 0 Å². The number of hydrogen-bond acceptors (Lipinski definition) is 4. The predicted molar refractivity (Wildman–Crippen MR) is 58.9 cm³/mol. The van der Waals surface area contributed by atoms with Crippen molar-refractivity contribution in [3.8, 4) is 6.07 Å². The average Bonchev–Trinajstić information content (AvgIpc) is 2.86. The second-order valence-corrected chi connectivity index (χ2v) is 3.35. The molecule has 80 valence electrons. The third kappa shape index (κ3) is 1.75. The van der Waals surface area contributed by atoms with E-state index in [0.29, 0.717) is 23.0 Å². The molecule has 0 amide bonds. The lowest BCUT2D eigenvalue weighted by atomic mass is 10.2. The quantitative estimate of drug-likeness (QED) is 0.721. The highest BCUT2D eigenvalue weighted by Crippen LogP contribution is 2.27. The van der Waals surface area contributed by atoms with E-state index >= 15 is 0 Å². The summed E-state index contributed by atoms with van der Waals surface area (Å²) < 4.78 is 10.5. The molecule has 2 aromatic heterocycles. The van der Waals surface area contributed by atoms with Crippen molar-refractivity contribution in [2.45, 2.75) is 13.8 Å². The molecule has 0 saturated heterocycles. The molecule has 0 radical (unpaired) electrons. The van der Waals surface area contributed by atoms with Gasteiger partial charge in [0.25, 0.3) is 0 Å². The van der Waals surface area contributed by atoms with Crippen LogP contribution in [0, 0.1) is 25.2 Å². The van der Waals surface area contributed by atoms with Crippen LogP contribution in [0.1, 0.15) is 22.6 Å². The Hall–Kier alpha value is -2.28. The molecule has 0 saturated carbocycles. The van der Waals surface area contributed by atoms with E-state index < -0.39 is 0 Å². The van der Waals surface area contributed by atoms with Crippen LogP contribution in [0.4, 0.5) is 5.88 Å². The van der Waals surface area contributed by atoms with Gasteiger partial charge in [-0.2, -0.15) is 5.26 Å². The zero-order valence-corrected chi connectivity index (χ0v) is 9.02. The SMILES string of the molecule is Cc1oc(/N=C/c2ccco2)c(C#N)c1C. The topological polar surface area (TPSA) is 62.4 Å². The summed E-state index contributed by atoms with van der Waals surface area (Å²) in [5.74, 6) is 1.66. The monoisotopic (exact) mass is 214 g/mol. The molecule has 2 rings (SSSR count). The van der Waals surface area contributed by atoms with E-state index in [2.05, 4.69) is 11.1 Å². The molecule has 2 aromatic rings. The highest BCUT2D eigenvalue weighted by atomic mass is 16.4. The van der Waals surface area contributed by atoms with Crippen LogP contribution in [-0.4, -0.2) is 6.21 Å². The smallest absolute Gasteiger partial charge is 0.237 e. The van der Waals surface area contributed by atoms with E-state index in [0.717, 1.165) is 5.56 Å². The number of rotatable bonds is 2. The molecule has 16 heavy (non-hydrogen) atoms. The molecule has 0 atom stereocenters. The maximum Gasteiger partial charge on any atom is 0.237 e. The Labute approximate surface area is 92.8 Å². The Morgan fingerprint density at radius 3 is 2.88 bits per heavy atom. The molecule has 0 spiro atoms. The van der Waals surface area contributed by atoms with E-state index in [-0.39, 0.29) is 0 Å². The summed E-state index contributed by atoms with van der Waals surface area (Å²) in [7, 11) is 0. The van der Waals surface area contributed by atoms with Crippen molar-refractivity contribution >= 4 is 12.1 Å². The first-order valence-electron chi connectivity index (χ1n) is 4.80. The number of furan rings is 2. The van der Waals surface area contributed by atoms with Crippen molar-refractivity contribution in [2.75, 3.05) is 0 Å².